The van der Waals surface area contributed by atoms with Gasteiger partial charge in [0.15, 0.2) is 0 Å². The summed E-state index contributed by atoms with van der Waals surface area (Å²) in [5.74, 6) is 0. The van der Waals surface area contributed by atoms with Crippen LogP contribution < -0.4 is 5.14 Å². The topological polar surface area (TPSA) is 78.0 Å². The molecule has 0 atom stereocenters. The van der Waals surface area contributed by atoms with Crippen LogP contribution in [0.25, 0.3) is 5.69 Å². The van der Waals surface area contributed by atoms with Crippen LogP contribution in [0.3, 0.4) is 0 Å². The molecule has 0 aliphatic heterocycles. The fraction of sp³-hybridized carbons (Fsp3) is 0.100. The molecule has 2 N–H and O–H groups in total. The van der Waals surface area contributed by atoms with E-state index in [2.05, 4.69) is 5.10 Å². The molecule has 8 heteroatoms. The van der Waals surface area contributed by atoms with Crippen molar-refractivity contribution in [1.29, 1.82) is 0 Å². The maximum absolute atomic E-state index is 12.3. The molecular weight excluding hydrogens is 264 g/mol. The molecular formula is C10H9F2N3O2S. The van der Waals surface area contributed by atoms with Crippen LogP contribution in [0, 0.1) is 0 Å². The zero-order valence-electron chi connectivity index (χ0n) is 8.99. The first kappa shape index (κ1) is 12.7. The van der Waals surface area contributed by atoms with E-state index < -0.39 is 16.4 Å². The molecule has 2 rings (SSSR count). The van der Waals surface area contributed by atoms with Gasteiger partial charge in [-0.2, -0.15) is 5.10 Å². The second-order valence-corrected chi connectivity index (χ2v) is 5.09. The second-order valence-electron chi connectivity index (χ2n) is 3.52. The number of alkyl halides is 2. The maximum Gasteiger partial charge on any atom is 0.282 e. The Bertz CT molecular complexity index is 650. The molecule has 18 heavy (non-hydrogen) atoms. The fourth-order valence-corrected chi connectivity index (χ4v) is 1.90. The minimum absolute atomic E-state index is 0.0486. The van der Waals surface area contributed by atoms with E-state index in [9.17, 15) is 17.2 Å². The molecule has 1 heterocycles. The first-order valence-electron chi connectivity index (χ1n) is 4.85. The summed E-state index contributed by atoms with van der Waals surface area (Å²) in [5.41, 5.74) is 0.125. The van der Waals surface area contributed by atoms with Crippen LogP contribution in [-0.4, -0.2) is 18.2 Å². The lowest BCUT2D eigenvalue weighted by atomic mass is 10.3. The third-order valence-corrected chi connectivity index (χ3v) is 3.19. The Morgan fingerprint density at radius 1 is 1.17 bits per heavy atom. The van der Waals surface area contributed by atoms with E-state index in [1.54, 1.807) is 0 Å². The molecule has 1 aromatic heterocycles. The normalized spacial score (nSPS) is 12.0. The summed E-state index contributed by atoms with van der Waals surface area (Å²) >= 11 is 0. The van der Waals surface area contributed by atoms with E-state index in [0.29, 0.717) is 5.69 Å². The number of hydrogen-bond acceptors (Lipinski definition) is 3. The lowest BCUT2D eigenvalue weighted by Gasteiger charge is -2.02. The zero-order chi connectivity index (χ0) is 13.3. The van der Waals surface area contributed by atoms with Gasteiger partial charge in [0, 0.05) is 6.20 Å². The van der Waals surface area contributed by atoms with Crippen molar-refractivity contribution < 1.29 is 17.2 Å². The highest BCUT2D eigenvalue weighted by Crippen LogP contribution is 2.18. The molecule has 1 aromatic carbocycles. The molecule has 0 spiro atoms. The highest BCUT2D eigenvalue weighted by atomic mass is 32.2. The Kier molecular flexibility index (Phi) is 3.14. The summed E-state index contributed by atoms with van der Waals surface area (Å²) in [6, 6.07) is 6.63. The number of nitrogens with two attached hydrogens (primary N) is 1. The van der Waals surface area contributed by atoms with Crippen molar-refractivity contribution in [3.05, 3.63) is 42.2 Å². The van der Waals surface area contributed by atoms with Gasteiger partial charge in [-0.1, -0.05) is 0 Å². The van der Waals surface area contributed by atoms with Crippen molar-refractivity contribution in [1.82, 2.24) is 9.78 Å². The summed E-state index contributed by atoms with van der Waals surface area (Å²) in [4.78, 5) is -0.0486. The number of benzene rings is 1. The second kappa shape index (κ2) is 4.46. The number of halogens is 2. The number of rotatable bonds is 3. The summed E-state index contributed by atoms with van der Waals surface area (Å²) in [7, 11) is -3.76. The Balaban J connectivity index is 2.34. The highest BCUT2D eigenvalue weighted by Gasteiger charge is 2.12. The number of sulfonamides is 1. The lowest BCUT2D eigenvalue weighted by Crippen LogP contribution is -2.12. The molecule has 96 valence electrons. The molecule has 0 radical (unpaired) electrons. The molecule has 0 bridgehead atoms. The van der Waals surface area contributed by atoms with Gasteiger partial charge >= 0.3 is 0 Å². The van der Waals surface area contributed by atoms with Gasteiger partial charge in [-0.05, 0) is 30.3 Å². The molecule has 0 amide bonds. The number of hydrogen-bond donors (Lipinski definition) is 1. The molecule has 0 fully saturated rings. The van der Waals surface area contributed by atoms with Gasteiger partial charge in [0.1, 0.15) is 5.69 Å². The standard InChI is InChI=1S/C10H9F2N3O2S/c11-10(12)9-5-6-15(14-9)7-1-3-8(4-2-7)18(13,16)17/h1-6,10H,(H2,13,16,17). The first-order chi connectivity index (χ1) is 8.38. The van der Waals surface area contributed by atoms with Crippen molar-refractivity contribution in [3.8, 4) is 5.69 Å². The Hall–Kier alpha value is -1.80. The average molecular weight is 273 g/mol. The Labute approximate surface area is 102 Å². The SMILES string of the molecule is NS(=O)(=O)c1ccc(-n2ccc(C(F)F)n2)cc1. The fourth-order valence-electron chi connectivity index (χ4n) is 1.39. The third kappa shape index (κ3) is 2.54. The van der Waals surface area contributed by atoms with Crippen LogP contribution in [0.1, 0.15) is 12.1 Å². The quantitative estimate of drug-likeness (QED) is 0.919. The van der Waals surface area contributed by atoms with Crippen molar-refractivity contribution in [2.75, 3.05) is 0 Å². The van der Waals surface area contributed by atoms with E-state index in [4.69, 9.17) is 5.14 Å². The van der Waals surface area contributed by atoms with E-state index >= 15 is 0 Å². The predicted octanol–water partition coefficient (Wildman–Crippen LogP) is 1.46. The van der Waals surface area contributed by atoms with Gasteiger partial charge < -0.3 is 0 Å². The molecule has 0 saturated carbocycles. The molecule has 0 aliphatic carbocycles. The van der Waals surface area contributed by atoms with Gasteiger partial charge in [-0.15, -0.1) is 0 Å². The summed E-state index contributed by atoms with van der Waals surface area (Å²) in [6.45, 7) is 0. The largest absolute Gasteiger partial charge is 0.282 e. The maximum atomic E-state index is 12.3. The van der Waals surface area contributed by atoms with Gasteiger partial charge in [-0.25, -0.2) is 27.0 Å². The van der Waals surface area contributed by atoms with E-state index in [1.165, 1.54) is 41.2 Å². The summed E-state index contributed by atoms with van der Waals surface area (Å²) in [5, 5.41) is 8.60. The van der Waals surface area contributed by atoms with Gasteiger partial charge in [0.25, 0.3) is 6.43 Å². The Morgan fingerprint density at radius 2 is 1.78 bits per heavy atom. The minimum Gasteiger partial charge on any atom is -0.241 e. The van der Waals surface area contributed by atoms with Crippen molar-refractivity contribution in [2.24, 2.45) is 5.14 Å². The highest BCUT2D eigenvalue weighted by molar-refractivity contribution is 7.89. The van der Waals surface area contributed by atoms with Gasteiger partial charge in [0.05, 0.1) is 10.6 Å². The van der Waals surface area contributed by atoms with Crippen LogP contribution in [0.15, 0.2) is 41.4 Å². The van der Waals surface area contributed by atoms with E-state index in [1.807, 2.05) is 0 Å². The lowest BCUT2D eigenvalue weighted by molar-refractivity contribution is 0.145. The number of nitrogens with zero attached hydrogens (tertiary/aromatic N) is 2. The van der Waals surface area contributed by atoms with Crippen molar-refractivity contribution in [3.63, 3.8) is 0 Å². The van der Waals surface area contributed by atoms with Crippen LogP contribution in [0.4, 0.5) is 8.78 Å². The van der Waals surface area contributed by atoms with Crippen molar-refractivity contribution >= 4 is 10.0 Å². The monoisotopic (exact) mass is 273 g/mol. The minimum atomic E-state index is -3.76. The van der Waals surface area contributed by atoms with E-state index in [0.717, 1.165) is 0 Å². The van der Waals surface area contributed by atoms with Crippen LogP contribution in [0.2, 0.25) is 0 Å². The third-order valence-electron chi connectivity index (χ3n) is 2.26. The molecule has 2 aromatic rings. The van der Waals surface area contributed by atoms with Crippen LogP contribution in [-0.2, 0) is 10.0 Å². The van der Waals surface area contributed by atoms with Gasteiger partial charge in [0.2, 0.25) is 10.0 Å². The number of primary sulfonamides is 1. The molecule has 0 saturated heterocycles. The zero-order valence-corrected chi connectivity index (χ0v) is 9.81. The van der Waals surface area contributed by atoms with Gasteiger partial charge in [-0.3, -0.25) is 0 Å². The van der Waals surface area contributed by atoms with E-state index in [-0.39, 0.29) is 10.6 Å². The molecule has 5 nitrogen and oxygen atoms in total. The molecule has 0 aliphatic rings. The van der Waals surface area contributed by atoms with Crippen molar-refractivity contribution in [2.45, 2.75) is 11.3 Å². The predicted molar refractivity (Wildman–Crippen MR) is 59.9 cm³/mol. The smallest absolute Gasteiger partial charge is 0.241 e. The number of aromatic nitrogens is 2. The summed E-state index contributed by atoms with van der Waals surface area (Å²) in [6.07, 6.45) is -1.28. The van der Waals surface area contributed by atoms with Crippen LogP contribution >= 0.6 is 0 Å². The van der Waals surface area contributed by atoms with Crippen LogP contribution in [0.5, 0.6) is 0 Å². The Morgan fingerprint density at radius 3 is 2.22 bits per heavy atom. The average Bonchev–Trinajstić information content (AvgIpc) is 2.77. The summed E-state index contributed by atoms with van der Waals surface area (Å²) < 4.78 is 48.0. The first-order valence-corrected chi connectivity index (χ1v) is 6.39. The molecule has 0 unspecified atom stereocenters.